The van der Waals surface area contributed by atoms with Gasteiger partial charge in [0.25, 0.3) is 11.8 Å². The summed E-state index contributed by atoms with van der Waals surface area (Å²) in [5.74, 6) is 0.751. The molecule has 4 N–H and O–H groups in total. The highest BCUT2D eigenvalue weighted by Gasteiger charge is 2.36. The fourth-order valence-corrected chi connectivity index (χ4v) is 9.56. The Morgan fingerprint density at radius 2 is 1.58 bits per heavy atom. The Morgan fingerprint density at radius 1 is 0.848 bits per heavy atom. The van der Waals surface area contributed by atoms with Gasteiger partial charge in [-0.3, -0.25) is 14.9 Å². The Morgan fingerprint density at radius 3 is 2.36 bits per heavy atom. The summed E-state index contributed by atoms with van der Waals surface area (Å²) in [6.45, 7) is 8.65. The highest BCUT2D eigenvalue weighted by Crippen LogP contribution is 2.46. The molecule has 13 heteroatoms. The number of benzene rings is 5. The third kappa shape index (κ3) is 9.67. The normalized spacial score (nSPS) is 17.9. The number of para-hydroxylation sites is 1. The van der Waals surface area contributed by atoms with E-state index in [2.05, 4.69) is 34.1 Å². The molecule has 1 fully saturated rings. The lowest BCUT2D eigenvalue weighted by molar-refractivity contribution is -0.361. The van der Waals surface area contributed by atoms with E-state index in [9.17, 15) is 14.4 Å². The molecule has 5 aromatic carbocycles. The predicted octanol–water partition coefficient (Wildman–Crippen LogP) is 12.4. The van der Waals surface area contributed by atoms with Crippen LogP contribution in [0.1, 0.15) is 90.4 Å². The largest absolute Gasteiger partial charge is 0.488 e. The average molecular weight is 908 g/mol. The summed E-state index contributed by atoms with van der Waals surface area (Å²) in [5, 5.41) is 9.47. The number of aromatic amines is 2. The van der Waals surface area contributed by atoms with Crippen molar-refractivity contribution >= 4 is 79.1 Å². The molecular weight excluding hydrogens is 854 g/mol. The van der Waals surface area contributed by atoms with Crippen LogP contribution in [-0.4, -0.2) is 58.6 Å². The molecule has 0 bridgehead atoms. The SMILES string of the molecule is C=CCC(CC)[C@@H](C)OO[C@@H]1CCCC(OC(=O)Nc2ccc(COc3cc4c(c5ccccc35)C(CCl)CN4C(=O)c3cc4cc(NC(=O)c5cc6ccccc6[nH]5)ccc4[nH]3)cc2)C1. The second kappa shape index (κ2) is 19.9. The van der Waals surface area contributed by atoms with Crippen LogP contribution >= 0.6 is 11.6 Å². The predicted molar refractivity (Wildman–Crippen MR) is 261 cm³/mol. The Labute approximate surface area is 388 Å². The molecule has 2 aliphatic rings. The zero-order valence-electron chi connectivity index (χ0n) is 37.1. The highest BCUT2D eigenvalue weighted by molar-refractivity contribution is 6.19. The maximum absolute atomic E-state index is 14.4. The van der Waals surface area contributed by atoms with Gasteiger partial charge >= 0.3 is 6.09 Å². The summed E-state index contributed by atoms with van der Waals surface area (Å²) in [6, 6.07) is 34.3. The number of halogens is 1. The molecule has 1 saturated carbocycles. The topological polar surface area (TPSA) is 147 Å². The van der Waals surface area contributed by atoms with Crippen LogP contribution in [0.2, 0.25) is 0 Å². The zero-order chi connectivity index (χ0) is 45.7. The first-order chi connectivity index (χ1) is 32.2. The molecule has 3 heterocycles. The molecule has 12 nitrogen and oxygen atoms in total. The molecule has 9 rings (SSSR count). The number of alkyl halides is 1. The number of carbonyl (C=O) groups is 3. The first-order valence-corrected chi connectivity index (χ1v) is 23.3. The van der Waals surface area contributed by atoms with Gasteiger partial charge in [0.05, 0.1) is 17.9 Å². The molecule has 2 aromatic heterocycles. The third-order valence-corrected chi connectivity index (χ3v) is 13.3. The van der Waals surface area contributed by atoms with Crippen LogP contribution in [0, 0.1) is 5.92 Å². The van der Waals surface area contributed by atoms with Crippen LogP contribution in [0.4, 0.5) is 21.9 Å². The number of allylic oxidation sites excluding steroid dienone is 1. The molecule has 0 radical (unpaired) electrons. The van der Waals surface area contributed by atoms with E-state index in [0.717, 1.165) is 81.5 Å². The Bertz CT molecular complexity index is 2860. The van der Waals surface area contributed by atoms with Gasteiger partial charge in [-0.05, 0) is 104 Å². The van der Waals surface area contributed by atoms with Crippen molar-refractivity contribution in [1.29, 1.82) is 0 Å². The number of aromatic nitrogens is 2. The van der Waals surface area contributed by atoms with Crippen molar-refractivity contribution in [1.82, 2.24) is 9.97 Å². The number of carbonyl (C=O) groups excluding carboxylic acids is 3. The van der Waals surface area contributed by atoms with Crippen molar-refractivity contribution < 1.29 is 33.6 Å². The number of hydrogen-bond acceptors (Lipinski definition) is 7. The quantitative estimate of drug-likeness (QED) is 0.0327. The molecule has 1 aliphatic carbocycles. The van der Waals surface area contributed by atoms with Crippen LogP contribution in [0.3, 0.4) is 0 Å². The molecular formula is C53H54ClN5O7. The number of H-pyrrole nitrogens is 2. The van der Waals surface area contributed by atoms with Gasteiger partial charge in [0, 0.05) is 69.4 Å². The zero-order valence-corrected chi connectivity index (χ0v) is 37.9. The number of fused-ring (bicyclic) bond motifs is 5. The summed E-state index contributed by atoms with van der Waals surface area (Å²) in [7, 11) is 0. The molecule has 1 aliphatic heterocycles. The molecule has 5 atom stereocenters. The minimum Gasteiger partial charge on any atom is -0.488 e. The fraction of sp³-hybridized carbons (Fsp3) is 0.302. The molecule has 340 valence electrons. The van der Waals surface area contributed by atoms with Crippen LogP contribution in [0.5, 0.6) is 5.75 Å². The van der Waals surface area contributed by atoms with Gasteiger partial charge < -0.3 is 29.7 Å². The Balaban J connectivity index is 0.845. The van der Waals surface area contributed by atoms with E-state index < -0.39 is 6.09 Å². The standard InChI is InChI=1S/C53H54ClN5O7/c1-4-11-34(5-2)32(3)65-66-41-14-10-13-40(27-41)64-53(62)56-38-20-18-33(19-21-38)31-63-49-28-48-50(43-16-8-7-15-42(43)49)37(29-54)30-59(48)52(61)47-26-36-24-39(22-23-45(36)58-47)55-51(60)46-25-35-12-6-9-17-44(35)57-46/h4,6-9,12,15-26,28,32,34,37,40-41,57-58H,1,5,10-11,13-14,27,29-31H2,2-3H3,(H,55,60)(H,56,62)/t32-,34?,37?,40?,41-/m1/s1. The van der Waals surface area contributed by atoms with Crippen molar-refractivity contribution in [3.63, 3.8) is 0 Å². The number of amides is 3. The fourth-order valence-electron chi connectivity index (χ4n) is 9.31. The van der Waals surface area contributed by atoms with Crippen LogP contribution in [-0.2, 0) is 21.1 Å². The van der Waals surface area contributed by atoms with E-state index in [1.807, 2.05) is 122 Å². The molecule has 0 spiro atoms. The lowest BCUT2D eigenvalue weighted by Crippen LogP contribution is -2.33. The van der Waals surface area contributed by atoms with Crippen molar-refractivity contribution in [2.24, 2.45) is 5.92 Å². The number of hydrogen-bond donors (Lipinski definition) is 4. The Kier molecular flexibility index (Phi) is 13.4. The summed E-state index contributed by atoms with van der Waals surface area (Å²) >= 11 is 6.60. The second-order valence-corrected chi connectivity index (χ2v) is 17.7. The number of anilines is 3. The van der Waals surface area contributed by atoms with Crippen molar-refractivity contribution in [3.8, 4) is 5.75 Å². The highest BCUT2D eigenvalue weighted by atomic mass is 35.5. The van der Waals surface area contributed by atoms with Gasteiger partial charge in [-0.15, -0.1) is 18.2 Å². The molecule has 3 amide bonds. The number of rotatable bonds is 16. The van der Waals surface area contributed by atoms with Crippen molar-refractivity contribution in [2.75, 3.05) is 28.0 Å². The molecule has 3 unspecified atom stereocenters. The monoisotopic (exact) mass is 907 g/mol. The molecule has 7 aromatic rings. The number of nitrogens with zero attached hydrogens (tertiary/aromatic N) is 1. The van der Waals surface area contributed by atoms with Crippen molar-refractivity contribution in [2.45, 2.75) is 83.2 Å². The van der Waals surface area contributed by atoms with E-state index in [4.69, 9.17) is 30.8 Å². The summed E-state index contributed by atoms with van der Waals surface area (Å²) < 4.78 is 12.3. The minimum absolute atomic E-state index is 0.0564. The van der Waals surface area contributed by atoms with Gasteiger partial charge in [-0.1, -0.05) is 74.0 Å². The molecule has 66 heavy (non-hydrogen) atoms. The smallest absolute Gasteiger partial charge is 0.411 e. The molecule has 0 saturated heterocycles. The van der Waals surface area contributed by atoms with E-state index in [0.29, 0.717) is 53.3 Å². The Hall–Kier alpha value is -6.60. The summed E-state index contributed by atoms with van der Waals surface area (Å²) in [4.78, 5) is 60.3. The summed E-state index contributed by atoms with van der Waals surface area (Å²) in [5.41, 5.74) is 6.37. The van der Waals surface area contributed by atoms with Gasteiger partial charge in [0.15, 0.2) is 0 Å². The first-order valence-electron chi connectivity index (χ1n) is 22.8. The maximum Gasteiger partial charge on any atom is 0.411 e. The van der Waals surface area contributed by atoms with E-state index in [1.165, 1.54) is 0 Å². The second-order valence-electron chi connectivity index (χ2n) is 17.3. The van der Waals surface area contributed by atoms with Gasteiger partial charge in [0.2, 0.25) is 0 Å². The maximum atomic E-state index is 14.4. The van der Waals surface area contributed by atoms with Gasteiger partial charge in [-0.2, -0.15) is 0 Å². The average Bonchev–Trinajstić information content (AvgIpc) is 4.08. The van der Waals surface area contributed by atoms with Crippen LogP contribution in [0.15, 0.2) is 122 Å². The van der Waals surface area contributed by atoms with Gasteiger partial charge in [-0.25, -0.2) is 14.6 Å². The van der Waals surface area contributed by atoms with E-state index >= 15 is 0 Å². The number of ether oxygens (including phenoxy) is 2. The van der Waals surface area contributed by atoms with E-state index in [1.54, 1.807) is 4.90 Å². The first kappa shape index (κ1) is 44.6. The lowest BCUT2D eigenvalue weighted by Gasteiger charge is -2.30. The minimum atomic E-state index is -0.516. The summed E-state index contributed by atoms with van der Waals surface area (Å²) in [6.07, 6.45) is 5.84. The van der Waals surface area contributed by atoms with Crippen LogP contribution in [0.25, 0.3) is 32.6 Å². The van der Waals surface area contributed by atoms with Crippen molar-refractivity contribution in [3.05, 3.63) is 144 Å². The number of nitrogens with one attached hydrogen (secondary N) is 4. The lowest BCUT2D eigenvalue weighted by atomic mass is 9.95. The van der Waals surface area contributed by atoms with E-state index in [-0.39, 0.29) is 42.7 Å². The van der Waals surface area contributed by atoms with Gasteiger partial charge in [0.1, 0.15) is 29.8 Å². The third-order valence-electron chi connectivity index (χ3n) is 12.9. The van der Waals surface area contributed by atoms with Crippen LogP contribution < -0.4 is 20.3 Å².